The molecule has 4 rings (SSSR count). The average molecular weight is 374 g/mol. The maximum Gasteiger partial charge on any atom is 0.134 e. The van der Waals surface area contributed by atoms with Crippen LogP contribution in [-0.2, 0) is 6.42 Å². The highest BCUT2D eigenvalue weighted by molar-refractivity contribution is 5.52. The average Bonchev–Trinajstić information content (AvgIpc) is 2.79. The summed E-state index contributed by atoms with van der Waals surface area (Å²) in [4.78, 5) is 20.0. The van der Waals surface area contributed by atoms with Crippen molar-refractivity contribution in [2.24, 2.45) is 0 Å². The van der Waals surface area contributed by atoms with Gasteiger partial charge in [-0.1, -0.05) is 18.2 Å². The SMILES string of the molecule is CN(CCc1ccncc1)c1cc(N2CCN(c3ccccc3)CC2)ncn1. The van der Waals surface area contributed by atoms with Crippen LogP contribution in [0.15, 0.2) is 67.3 Å². The minimum absolute atomic E-state index is 0.905. The first-order chi connectivity index (χ1) is 13.8. The van der Waals surface area contributed by atoms with Crippen LogP contribution in [0.4, 0.5) is 17.3 Å². The van der Waals surface area contributed by atoms with E-state index in [1.165, 1.54) is 11.3 Å². The molecule has 0 unspecified atom stereocenters. The van der Waals surface area contributed by atoms with Crippen LogP contribution in [0.1, 0.15) is 5.56 Å². The number of pyridine rings is 1. The third-order valence-electron chi connectivity index (χ3n) is 5.24. The van der Waals surface area contributed by atoms with Gasteiger partial charge in [0.25, 0.3) is 0 Å². The molecule has 144 valence electrons. The molecule has 0 radical (unpaired) electrons. The summed E-state index contributed by atoms with van der Waals surface area (Å²) in [5.74, 6) is 1.97. The van der Waals surface area contributed by atoms with Gasteiger partial charge in [-0.25, -0.2) is 9.97 Å². The second kappa shape index (κ2) is 8.69. The van der Waals surface area contributed by atoms with Crippen molar-refractivity contribution < 1.29 is 0 Å². The van der Waals surface area contributed by atoms with Crippen LogP contribution in [0, 0.1) is 0 Å². The molecule has 0 saturated carbocycles. The molecular weight excluding hydrogens is 348 g/mol. The maximum absolute atomic E-state index is 4.52. The van der Waals surface area contributed by atoms with Gasteiger partial charge in [-0.3, -0.25) is 4.98 Å². The second-order valence-corrected chi connectivity index (χ2v) is 7.07. The van der Waals surface area contributed by atoms with Crippen molar-refractivity contribution >= 4 is 17.3 Å². The van der Waals surface area contributed by atoms with E-state index < -0.39 is 0 Å². The zero-order valence-corrected chi connectivity index (χ0v) is 16.3. The molecule has 0 aliphatic carbocycles. The first kappa shape index (κ1) is 18.2. The molecule has 2 aromatic heterocycles. The molecule has 0 N–H and O–H groups in total. The Labute approximate surface area is 166 Å². The molecule has 1 aromatic carbocycles. The lowest BCUT2D eigenvalue weighted by molar-refractivity contribution is 0.646. The molecule has 0 amide bonds. The Morgan fingerprint density at radius 2 is 1.61 bits per heavy atom. The zero-order chi connectivity index (χ0) is 19.2. The van der Waals surface area contributed by atoms with Gasteiger partial charge < -0.3 is 14.7 Å². The summed E-state index contributed by atoms with van der Waals surface area (Å²) >= 11 is 0. The maximum atomic E-state index is 4.52. The number of piperazine rings is 1. The Morgan fingerprint density at radius 3 is 2.36 bits per heavy atom. The molecule has 0 atom stereocenters. The number of hydrogen-bond acceptors (Lipinski definition) is 6. The van der Waals surface area contributed by atoms with Crippen LogP contribution in [-0.4, -0.2) is 54.7 Å². The lowest BCUT2D eigenvalue weighted by Gasteiger charge is -2.36. The molecule has 6 heteroatoms. The summed E-state index contributed by atoms with van der Waals surface area (Å²) in [6, 6.07) is 16.8. The third-order valence-corrected chi connectivity index (χ3v) is 5.24. The molecule has 6 nitrogen and oxygen atoms in total. The van der Waals surface area contributed by atoms with Crippen LogP contribution in [0.5, 0.6) is 0 Å². The number of anilines is 3. The van der Waals surface area contributed by atoms with E-state index in [2.05, 4.69) is 85.2 Å². The first-order valence-electron chi connectivity index (χ1n) is 9.76. The quantitative estimate of drug-likeness (QED) is 0.661. The molecule has 1 aliphatic rings. The van der Waals surface area contributed by atoms with Crippen LogP contribution in [0.3, 0.4) is 0 Å². The Balaban J connectivity index is 1.36. The Hall–Kier alpha value is -3.15. The van der Waals surface area contributed by atoms with E-state index in [1.54, 1.807) is 6.33 Å². The highest BCUT2D eigenvalue weighted by Gasteiger charge is 2.19. The van der Waals surface area contributed by atoms with Crippen LogP contribution >= 0.6 is 0 Å². The predicted molar refractivity (Wildman–Crippen MR) is 114 cm³/mol. The van der Waals surface area contributed by atoms with Crippen molar-refractivity contribution in [3.63, 3.8) is 0 Å². The van der Waals surface area contributed by atoms with E-state index in [4.69, 9.17) is 0 Å². The molecule has 1 aliphatic heterocycles. The number of nitrogens with zero attached hydrogens (tertiary/aromatic N) is 6. The Bertz CT molecular complexity index is 862. The largest absolute Gasteiger partial charge is 0.368 e. The van der Waals surface area contributed by atoms with E-state index in [-0.39, 0.29) is 0 Å². The van der Waals surface area contributed by atoms with Crippen molar-refractivity contribution in [2.75, 3.05) is 54.5 Å². The molecule has 1 fully saturated rings. The number of rotatable bonds is 6. The molecular formula is C22H26N6. The van der Waals surface area contributed by atoms with Gasteiger partial charge in [-0.15, -0.1) is 0 Å². The summed E-state index contributed by atoms with van der Waals surface area (Å²) < 4.78 is 0. The fourth-order valence-electron chi connectivity index (χ4n) is 3.51. The Morgan fingerprint density at radius 1 is 0.893 bits per heavy atom. The van der Waals surface area contributed by atoms with Gasteiger partial charge in [0, 0.05) is 63.9 Å². The number of hydrogen-bond donors (Lipinski definition) is 0. The summed E-state index contributed by atoms with van der Waals surface area (Å²) in [5, 5.41) is 0. The van der Waals surface area contributed by atoms with E-state index >= 15 is 0 Å². The van der Waals surface area contributed by atoms with E-state index in [1.807, 2.05) is 12.4 Å². The monoisotopic (exact) mass is 374 g/mol. The standard InChI is InChI=1S/C22H26N6/c1-26(12-9-19-7-10-23-11-8-19)21-17-22(25-18-24-21)28-15-13-27(14-16-28)20-5-3-2-4-6-20/h2-8,10-11,17-18H,9,12-16H2,1H3. The van der Waals surface area contributed by atoms with Crippen molar-refractivity contribution in [3.05, 3.63) is 72.8 Å². The zero-order valence-electron chi connectivity index (χ0n) is 16.3. The first-order valence-corrected chi connectivity index (χ1v) is 9.76. The Kier molecular flexibility index (Phi) is 5.66. The van der Waals surface area contributed by atoms with Gasteiger partial charge in [0.2, 0.25) is 0 Å². The number of para-hydroxylation sites is 1. The number of likely N-dealkylation sites (N-methyl/N-ethyl adjacent to an activating group) is 1. The van der Waals surface area contributed by atoms with Crippen LogP contribution < -0.4 is 14.7 Å². The smallest absolute Gasteiger partial charge is 0.134 e. The predicted octanol–water partition coefficient (Wildman–Crippen LogP) is 2.88. The molecule has 0 bridgehead atoms. The minimum atomic E-state index is 0.905. The lowest BCUT2D eigenvalue weighted by atomic mass is 10.2. The van der Waals surface area contributed by atoms with Gasteiger partial charge >= 0.3 is 0 Å². The van der Waals surface area contributed by atoms with Crippen LogP contribution in [0.2, 0.25) is 0 Å². The molecule has 3 aromatic rings. The normalized spacial score (nSPS) is 14.2. The van der Waals surface area contributed by atoms with Gasteiger partial charge in [0.1, 0.15) is 18.0 Å². The van der Waals surface area contributed by atoms with E-state index in [0.717, 1.165) is 50.8 Å². The topological polar surface area (TPSA) is 48.4 Å². The van der Waals surface area contributed by atoms with Gasteiger partial charge in [0.05, 0.1) is 0 Å². The van der Waals surface area contributed by atoms with Crippen LogP contribution in [0.25, 0.3) is 0 Å². The minimum Gasteiger partial charge on any atom is -0.368 e. The second-order valence-electron chi connectivity index (χ2n) is 7.07. The fraction of sp³-hybridized carbons (Fsp3) is 0.318. The van der Waals surface area contributed by atoms with Crippen molar-refractivity contribution in [1.29, 1.82) is 0 Å². The summed E-state index contributed by atoms with van der Waals surface area (Å²) in [6.07, 6.45) is 6.33. The van der Waals surface area contributed by atoms with Crippen molar-refractivity contribution in [1.82, 2.24) is 15.0 Å². The number of benzene rings is 1. The van der Waals surface area contributed by atoms with E-state index in [9.17, 15) is 0 Å². The summed E-state index contributed by atoms with van der Waals surface area (Å²) in [7, 11) is 2.08. The fourth-order valence-corrected chi connectivity index (χ4v) is 3.51. The number of aromatic nitrogens is 3. The van der Waals surface area contributed by atoms with Gasteiger partial charge in [-0.05, 0) is 36.2 Å². The van der Waals surface area contributed by atoms with Gasteiger partial charge in [-0.2, -0.15) is 0 Å². The summed E-state index contributed by atoms with van der Waals surface area (Å²) in [5.41, 5.74) is 2.58. The molecule has 0 spiro atoms. The molecule has 3 heterocycles. The van der Waals surface area contributed by atoms with Gasteiger partial charge in [0.15, 0.2) is 0 Å². The van der Waals surface area contributed by atoms with Crippen molar-refractivity contribution in [2.45, 2.75) is 6.42 Å². The van der Waals surface area contributed by atoms with Crippen molar-refractivity contribution in [3.8, 4) is 0 Å². The highest BCUT2D eigenvalue weighted by Crippen LogP contribution is 2.21. The lowest BCUT2D eigenvalue weighted by Crippen LogP contribution is -2.46. The third kappa shape index (κ3) is 4.39. The highest BCUT2D eigenvalue weighted by atomic mass is 15.3. The molecule has 28 heavy (non-hydrogen) atoms. The molecule has 1 saturated heterocycles. The summed E-state index contributed by atoms with van der Waals surface area (Å²) in [6.45, 7) is 4.84. The van der Waals surface area contributed by atoms with E-state index in [0.29, 0.717) is 0 Å².